The summed E-state index contributed by atoms with van der Waals surface area (Å²) < 4.78 is 11.0. The van der Waals surface area contributed by atoms with Crippen molar-refractivity contribution in [3.05, 3.63) is 28.8 Å². The van der Waals surface area contributed by atoms with E-state index in [-0.39, 0.29) is 5.91 Å². The lowest BCUT2D eigenvalue weighted by atomic mass is 9.90. The molecule has 0 aromatic heterocycles. The molecule has 0 radical (unpaired) electrons. The van der Waals surface area contributed by atoms with Crippen molar-refractivity contribution in [3.63, 3.8) is 0 Å². The van der Waals surface area contributed by atoms with Crippen molar-refractivity contribution >= 4 is 5.91 Å². The molecule has 0 bridgehead atoms. The molecule has 0 saturated carbocycles. The number of methoxy groups -OCH3 is 2. The molecule has 1 aromatic rings. The highest BCUT2D eigenvalue weighted by Crippen LogP contribution is 2.27. The number of ether oxygens (including phenoxy) is 2. The molecule has 0 atom stereocenters. The summed E-state index contributed by atoms with van der Waals surface area (Å²) in [5.41, 5.74) is 2.60. The summed E-state index contributed by atoms with van der Waals surface area (Å²) in [6.07, 6.45) is 1.43. The van der Waals surface area contributed by atoms with Gasteiger partial charge in [-0.25, -0.2) is 0 Å². The fourth-order valence-electron chi connectivity index (χ4n) is 3.48. The van der Waals surface area contributed by atoms with Crippen LogP contribution < -0.4 is 10.1 Å². The summed E-state index contributed by atoms with van der Waals surface area (Å²) in [5.74, 6) is 0.974. The molecule has 0 unspecified atom stereocenters. The molecule has 1 saturated heterocycles. The Hall–Kier alpha value is -1.59. The Labute approximate surface area is 139 Å². The predicted molar refractivity (Wildman–Crippen MR) is 90.8 cm³/mol. The third-order valence-electron chi connectivity index (χ3n) is 4.68. The number of likely N-dealkylation sites (N-methyl/N-ethyl adjacent to an activating group) is 1. The fraction of sp³-hybridized carbons (Fsp3) is 0.611. The van der Waals surface area contributed by atoms with E-state index in [1.807, 2.05) is 20.9 Å². The van der Waals surface area contributed by atoms with Gasteiger partial charge in [-0.1, -0.05) is 12.1 Å². The molecule has 1 fully saturated rings. The summed E-state index contributed by atoms with van der Waals surface area (Å²) in [5, 5.41) is 3.28. The SMILES string of the molecule is COc1c(C)cc(CN(C)C(=O)C2(OC)CCNCC2)cc1C. The van der Waals surface area contributed by atoms with Crippen molar-refractivity contribution in [2.75, 3.05) is 34.4 Å². The lowest BCUT2D eigenvalue weighted by Gasteiger charge is -2.37. The van der Waals surface area contributed by atoms with Gasteiger partial charge in [-0.15, -0.1) is 0 Å². The van der Waals surface area contributed by atoms with Gasteiger partial charge in [-0.05, 0) is 56.5 Å². The molecule has 1 aromatic carbocycles. The van der Waals surface area contributed by atoms with E-state index in [2.05, 4.69) is 17.4 Å². The standard InChI is InChI=1S/C18H28N2O3/c1-13-10-15(11-14(2)16(13)22-4)12-20(3)17(21)18(23-5)6-8-19-9-7-18/h10-11,19H,6-9,12H2,1-5H3. The number of aryl methyl sites for hydroxylation is 2. The van der Waals surface area contributed by atoms with Crippen molar-refractivity contribution in [2.24, 2.45) is 0 Å². The smallest absolute Gasteiger partial charge is 0.254 e. The maximum absolute atomic E-state index is 12.9. The van der Waals surface area contributed by atoms with Crippen LogP contribution in [0.3, 0.4) is 0 Å². The predicted octanol–water partition coefficient (Wildman–Crippen LogP) is 2.04. The molecular weight excluding hydrogens is 292 g/mol. The average Bonchev–Trinajstić information content (AvgIpc) is 2.54. The molecule has 2 rings (SSSR count). The van der Waals surface area contributed by atoms with E-state index in [0.717, 1.165) is 35.5 Å². The number of hydrogen-bond donors (Lipinski definition) is 1. The highest BCUT2D eigenvalue weighted by Gasteiger charge is 2.41. The van der Waals surface area contributed by atoms with Gasteiger partial charge < -0.3 is 19.7 Å². The third-order valence-corrected chi connectivity index (χ3v) is 4.68. The number of nitrogens with one attached hydrogen (secondary N) is 1. The Kier molecular flexibility index (Phi) is 5.65. The number of amides is 1. The zero-order valence-corrected chi connectivity index (χ0v) is 14.9. The maximum Gasteiger partial charge on any atom is 0.254 e. The summed E-state index contributed by atoms with van der Waals surface area (Å²) in [7, 11) is 5.17. The number of carbonyl (C=O) groups is 1. The number of hydrogen-bond acceptors (Lipinski definition) is 4. The Morgan fingerprint density at radius 1 is 1.22 bits per heavy atom. The maximum atomic E-state index is 12.9. The first-order valence-corrected chi connectivity index (χ1v) is 8.09. The van der Waals surface area contributed by atoms with Crippen LogP contribution >= 0.6 is 0 Å². The van der Waals surface area contributed by atoms with Gasteiger partial charge in [0.15, 0.2) is 0 Å². The van der Waals surface area contributed by atoms with Crippen LogP contribution in [0.2, 0.25) is 0 Å². The van der Waals surface area contributed by atoms with E-state index in [1.54, 1.807) is 19.1 Å². The van der Waals surface area contributed by atoms with Crippen LogP contribution in [0, 0.1) is 13.8 Å². The Morgan fingerprint density at radius 2 is 1.78 bits per heavy atom. The number of piperidine rings is 1. The lowest BCUT2D eigenvalue weighted by Crippen LogP contribution is -2.54. The molecule has 1 heterocycles. The highest BCUT2D eigenvalue weighted by molar-refractivity contribution is 5.85. The van der Waals surface area contributed by atoms with Gasteiger partial charge in [0.1, 0.15) is 11.4 Å². The van der Waals surface area contributed by atoms with Gasteiger partial charge >= 0.3 is 0 Å². The van der Waals surface area contributed by atoms with Gasteiger partial charge in [0.2, 0.25) is 0 Å². The van der Waals surface area contributed by atoms with Crippen LogP contribution in [-0.4, -0.2) is 50.8 Å². The van der Waals surface area contributed by atoms with Crippen LogP contribution in [0.15, 0.2) is 12.1 Å². The Balaban J connectivity index is 2.15. The monoisotopic (exact) mass is 320 g/mol. The first-order chi connectivity index (χ1) is 10.9. The van der Waals surface area contributed by atoms with Crippen LogP contribution in [0.4, 0.5) is 0 Å². The Bertz CT molecular complexity index is 542. The van der Waals surface area contributed by atoms with Gasteiger partial charge in [0.25, 0.3) is 5.91 Å². The number of carbonyl (C=O) groups excluding carboxylic acids is 1. The molecule has 5 nitrogen and oxygen atoms in total. The first kappa shape index (κ1) is 17.8. The van der Waals surface area contributed by atoms with Gasteiger partial charge in [-0.3, -0.25) is 4.79 Å². The summed E-state index contributed by atoms with van der Waals surface area (Å²) in [6.45, 7) is 6.26. The summed E-state index contributed by atoms with van der Waals surface area (Å²) in [6, 6.07) is 4.16. The van der Waals surface area contributed by atoms with Crippen LogP contribution in [0.25, 0.3) is 0 Å². The molecule has 1 aliphatic rings. The number of rotatable bonds is 5. The second-order valence-corrected chi connectivity index (χ2v) is 6.37. The van der Waals surface area contributed by atoms with E-state index < -0.39 is 5.60 Å². The van der Waals surface area contributed by atoms with E-state index in [1.165, 1.54) is 0 Å². The van der Waals surface area contributed by atoms with E-state index in [0.29, 0.717) is 19.4 Å². The van der Waals surface area contributed by atoms with Crippen molar-refractivity contribution in [1.82, 2.24) is 10.2 Å². The van der Waals surface area contributed by atoms with E-state index >= 15 is 0 Å². The molecule has 1 N–H and O–H groups in total. The number of benzene rings is 1. The second-order valence-electron chi connectivity index (χ2n) is 6.37. The van der Waals surface area contributed by atoms with Gasteiger partial charge in [0.05, 0.1) is 7.11 Å². The van der Waals surface area contributed by atoms with Crippen molar-refractivity contribution < 1.29 is 14.3 Å². The second kappa shape index (κ2) is 7.32. The Morgan fingerprint density at radius 3 is 2.26 bits per heavy atom. The van der Waals surface area contributed by atoms with E-state index in [4.69, 9.17) is 9.47 Å². The third kappa shape index (κ3) is 3.67. The summed E-state index contributed by atoms with van der Waals surface area (Å²) >= 11 is 0. The van der Waals surface area contributed by atoms with Crippen LogP contribution in [0.1, 0.15) is 29.5 Å². The average molecular weight is 320 g/mol. The zero-order valence-electron chi connectivity index (χ0n) is 14.9. The minimum atomic E-state index is -0.684. The molecular formula is C18H28N2O3. The molecule has 1 amide bonds. The van der Waals surface area contributed by atoms with E-state index in [9.17, 15) is 4.79 Å². The minimum Gasteiger partial charge on any atom is -0.496 e. The minimum absolute atomic E-state index is 0.0626. The number of nitrogens with zero attached hydrogens (tertiary/aromatic N) is 1. The van der Waals surface area contributed by atoms with Crippen molar-refractivity contribution in [1.29, 1.82) is 0 Å². The normalized spacial score (nSPS) is 16.9. The lowest BCUT2D eigenvalue weighted by molar-refractivity contribution is -0.157. The molecule has 128 valence electrons. The largest absolute Gasteiger partial charge is 0.496 e. The first-order valence-electron chi connectivity index (χ1n) is 8.09. The molecule has 0 aliphatic carbocycles. The van der Waals surface area contributed by atoms with Gasteiger partial charge in [0, 0.05) is 20.7 Å². The topological polar surface area (TPSA) is 50.8 Å². The van der Waals surface area contributed by atoms with Crippen molar-refractivity contribution in [2.45, 2.75) is 38.8 Å². The fourth-order valence-corrected chi connectivity index (χ4v) is 3.48. The zero-order chi connectivity index (χ0) is 17.0. The molecule has 1 aliphatic heterocycles. The quantitative estimate of drug-likeness (QED) is 0.902. The molecule has 5 heteroatoms. The highest BCUT2D eigenvalue weighted by atomic mass is 16.5. The molecule has 0 spiro atoms. The summed E-state index contributed by atoms with van der Waals surface area (Å²) in [4.78, 5) is 14.7. The van der Waals surface area contributed by atoms with Crippen molar-refractivity contribution in [3.8, 4) is 5.75 Å². The van der Waals surface area contributed by atoms with Crippen LogP contribution in [-0.2, 0) is 16.1 Å². The van der Waals surface area contributed by atoms with Gasteiger partial charge in [-0.2, -0.15) is 0 Å². The molecule has 23 heavy (non-hydrogen) atoms. The van der Waals surface area contributed by atoms with Crippen LogP contribution in [0.5, 0.6) is 5.75 Å².